The van der Waals surface area contributed by atoms with Gasteiger partial charge in [0.2, 0.25) is 0 Å². The van der Waals surface area contributed by atoms with Gasteiger partial charge in [0.15, 0.2) is 10.8 Å². The van der Waals surface area contributed by atoms with Crippen molar-refractivity contribution in [1.29, 1.82) is 0 Å². The third-order valence-electron chi connectivity index (χ3n) is 3.46. The number of rotatable bonds is 4. The van der Waals surface area contributed by atoms with Crippen LogP contribution in [0.4, 0.5) is 11.5 Å². The Morgan fingerprint density at radius 3 is 2.95 bits per heavy atom. The van der Waals surface area contributed by atoms with E-state index in [2.05, 4.69) is 20.5 Å². The molecule has 0 aliphatic heterocycles. The van der Waals surface area contributed by atoms with Crippen LogP contribution in [-0.2, 0) is 0 Å². The van der Waals surface area contributed by atoms with Gasteiger partial charge in [-0.25, -0.2) is 4.98 Å². The fourth-order valence-corrected chi connectivity index (χ4v) is 2.24. The van der Waals surface area contributed by atoms with Crippen molar-refractivity contribution >= 4 is 29.0 Å². The van der Waals surface area contributed by atoms with Gasteiger partial charge in [-0.15, -0.1) is 10.2 Å². The van der Waals surface area contributed by atoms with Crippen molar-refractivity contribution in [2.24, 2.45) is 0 Å². The third-order valence-corrected chi connectivity index (χ3v) is 3.64. The summed E-state index contributed by atoms with van der Waals surface area (Å²) in [6.45, 7) is -0.750. The van der Waals surface area contributed by atoms with Crippen LogP contribution in [0.5, 0.6) is 0 Å². The SMILES string of the molecule is [2H]C([2H])([2H])NC(=O)c1nnc(Cl)cc1Nc1nc(C2CC2)ccc1C. The lowest BCUT2D eigenvalue weighted by Crippen LogP contribution is -2.21. The first-order valence-electron chi connectivity index (χ1n) is 8.33. The maximum atomic E-state index is 12.2. The molecule has 0 aromatic carbocycles. The molecule has 1 aliphatic rings. The Balaban J connectivity index is 1.93. The van der Waals surface area contributed by atoms with Crippen molar-refractivity contribution < 1.29 is 8.91 Å². The molecule has 6 nitrogen and oxygen atoms in total. The number of hydrogen-bond donors (Lipinski definition) is 2. The quantitative estimate of drug-likeness (QED) is 0.905. The summed E-state index contributed by atoms with van der Waals surface area (Å²) in [5, 5.41) is 12.3. The number of aryl methyl sites for hydroxylation is 1. The van der Waals surface area contributed by atoms with Crippen molar-refractivity contribution in [1.82, 2.24) is 20.5 Å². The summed E-state index contributed by atoms with van der Waals surface area (Å²) in [5.41, 5.74) is 1.93. The highest BCUT2D eigenvalue weighted by Gasteiger charge is 2.25. The van der Waals surface area contributed by atoms with Crippen LogP contribution in [-0.4, -0.2) is 28.1 Å². The lowest BCUT2D eigenvalue weighted by molar-refractivity contribution is 0.0958. The molecular weight excluding hydrogens is 302 g/mol. The van der Waals surface area contributed by atoms with Crippen molar-refractivity contribution in [3.8, 4) is 0 Å². The van der Waals surface area contributed by atoms with Gasteiger partial charge < -0.3 is 10.6 Å². The van der Waals surface area contributed by atoms with Gasteiger partial charge in [-0.3, -0.25) is 4.79 Å². The zero-order valence-electron chi connectivity index (χ0n) is 14.9. The minimum atomic E-state index is -2.63. The molecule has 3 rings (SSSR count). The van der Waals surface area contributed by atoms with Gasteiger partial charge in [0.25, 0.3) is 5.91 Å². The van der Waals surface area contributed by atoms with Gasteiger partial charge in [-0.1, -0.05) is 17.7 Å². The summed E-state index contributed by atoms with van der Waals surface area (Å²) >= 11 is 5.88. The van der Waals surface area contributed by atoms with Gasteiger partial charge >= 0.3 is 0 Å². The smallest absolute Gasteiger partial charge is 0.273 e. The number of nitrogens with one attached hydrogen (secondary N) is 2. The summed E-state index contributed by atoms with van der Waals surface area (Å²) in [4.78, 5) is 16.8. The number of hydrogen-bond acceptors (Lipinski definition) is 5. The lowest BCUT2D eigenvalue weighted by Gasteiger charge is -2.12. The first kappa shape index (κ1) is 11.4. The molecule has 7 heteroatoms. The van der Waals surface area contributed by atoms with E-state index in [4.69, 9.17) is 15.7 Å². The summed E-state index contributed by atoms with van der Waals surface area (Å²) in [7, 11) is 0. The summed E-state index contributed by atoms with van der Waals surface area (Å²) in [6.07, 6.45) is 2.23. The molecule has 0 spiro atoms. The Labute approximate surface area is 137 Å². The molecule has 2 heterocycles. The first-order valence-corrected chi connectivity index (χ1v) is 7.21. The van der Waals surface area contributed by atoms with E-state index in [1.807, 2.05) is 24.4 Å². The van der Waals surface area contributed by atoms with Crippen molar-refractivity contribution in [2.45, 2.75) is 25.7 Å². The molecule has 22 heavy (non-hydrogen) atoms. The standard InChI is InChI=1S/C15H16ClN5O/c1-8-3-6-10(9-4-5-9)18-14(8)19-11-7-12(16)20-21-13(11)15(22)17-2/h3,6-7,9H,4-5H2,1-2H3,(H,17,22)(H,18,19,20)/i2D3. The van der Waals surface area contributed by atoms with E-state index in [-0.39, 0.29) is 16.5 Å². The molecular formula is C15H16ClN5O. The van der Waals surface area contributed by atoms with Crippen molar-refractivity contribution in [3.05, 3.63) is 40.3 Å². The number of nitrogens with zero attached hydrogens (tertiary/aromatic N) is 3. The minimum Gasteiger partial charge on any atom is -0.354 e. The normalized spacial score (nSPS) is 16.4. The van der Waals surface area contributed by atoms with E-state index < -0.39 is 12.9 Å². The van der Waals surface area contributed by atoms with Crippen LogP contribution in [0.15, 0.2) is 18.2 Å². The van der Waals surface area contributed by atoms with Crippen molar-refractivity contribution in [2.75, 3.05) is 12.3 Å². The number of carbonyl (C=O) groups is 1. The van der Waals surface area contributed by atoms with E-state index in [0.717, 1.165) is 24.1 Å². The zero-order chi connectivity index (χ0) is 18.2. The van der Waals surface area contributed by atoms with Crippen LogP contribution >= 0.6 is 11.6 Å². The van der Waals surface area contributed by atoms with E-state index in [1.54, 1.807) is 0 Å². The summed E-state index contributed by atoms with van der Waals surface area (Å²) in [5.74, 6) is 0.165. The molecule has 0 radical (unpaired) electrons. The number of anilines is 2. The molecule has 0 bridgehead atoms. The largest absolute Gasteiger partial charge is 0.354 e. The van der Waals surface area contributed by atoms with Gasteiger partial charge in [-0.2, -0.15) is 0 Å². The Hall–Kier alpha value is -2.21. The molecule has 1 amide bonds. The third kappa shape index (κ3) is 3.01. The second kappa shape index (κ2) is 5.88. The number of pyridine rings is 1. The fourth-order valence-electron chi connectivity index (χ4n) is 2.09. The molecule has 1 saturated carbocycles. The number of amides is 1. The van der Waals surface area contributed by atoms with Gasteiger partial charge in [0.1, 0.15) is 5.82 Å². The Bertz CT molecular complexity index is 823. The second-order valence-corrected chi connectivity index (χ2v) is 5.57. The van der Waals surface area contributed by atoms with Crippen LogP contribution in [0.25, 0.3) is 0 Å². The summed E-state index contributed by atoms with van der Waals surface area (Å²) in [6, 6.07) is 5.34. The van der Waals surface area contributed by atoms with Gasteiger partial charge in [0, 0.05) is 28.8 Å². The molecule has 0 atom stereocenters. The predicted molar refractivity (Wildman–Crippen MR) is 84.7 cm³/mol. The van der Waals surface area contributed by atoms with E-state index in [1.165, 1.54) is 6.07 Å². The topological polar surface area (TPSA) is 79.8 Å². The average molecular weight is 321 g/mol. The molecule has 2 aromatic heterocycles. The summed E-state index contributed by atoms with van der Waals surface area (Å²) < 4.78 is 21.5. The number of aromatic nitrogens is 3. The first-order chi connectivity index (χ1) is 11.7. The Morgan fingerprint density at radius 1 is 1.41 bits per heavy atom. The van der Waals surface area contributed by atoms with Crippen molar-refractivity contribution in [3.63, 3.8) is 0 Å². The monoisotopic (exact) mass is 320 g/mol. The van der Waals surface area contributed by atoms with Gasteiger partial charge in [-0.05, 0) is 31.4 Å². The Morgan fingerprint density at radius 2 is 2.23 bits per heavy atom. The Kier molecular flexibility index (Phi) is 3.04. The molecule has 114 valence electrons. The van der Waals surface area contributed by atoms with Crippen LogP contribution < -0.4 is 10.6 Å². The van der Waals surface area contributed by atoms with Crippen LogP contribution in [0, 0.1) is 6.92 Å². The maximum Gasteiger partial charge on any atom is 0.273 e. The lowest BCUT2D eigenvalue weighted by atomic mass is 10.2. The van der Waals surface area contributed by atoms with Gasteiger partial charge in [0.05, 0.1) is 5.69 Å². The van der Waals surface area contributed by atoms with E-state index >= 15 is 0 Å². The molecule has 0 saturated heterocycles. The minimum absolute atomic E-state index is 0.0731. The second-order valence-electron chi connectivity index (χ2n) is 5.18. The average Bonchev–Trinajstić information content (AvgIpc) is 3.32. The maximum absolute atomic E-state index is 12.2. The highest BCUT2D eigenvalue weighted by atomic mass is 35.5. The molecule has 1 aliphatic carbocycles. The molecule has 1 fully saturated rings. The highest BCUT2D eigenvalue weighted by molar-refractivity contribution is 6.29. The van der Waals surface area contributed by atoms with Crippen LogP contribution in [0.3, 0.4) is 0 Å². The zero-order valence-corrected chi connectivity index (χ0v) is 12.6. The van der Waals surface area contributed by atoms with E-state index in [0.29, 0.717) is 11.7 Å². The molecule has 0 unspecified atom stereocenters. The number of halogens is 1. The van der Waals surface area contributed by atoms with E-state index in [9.17, 15) is 4.79 Å². The van der Waals surface area contributed by atoms with Crippen LogP contribution in [0.1, 0.15) is 44.6 Å². The highest BCUT2D eigenvalue weighted by Crippen LogP contribution is 2.39. The number of carbonyl (C=O) groups excluding carboxylic acids is 1. The predicted octanol–water partition coefficient (Wildman–Crippen LogP) is 2.81. The molecule has 2 aromatic rings. The fraction of sp³-hybridized carbons (Fsp3) is 0.333. The van der Waals surface area contributed by atoms with Crippen LogP contribution in [0.2, 0.25) is 5.15 Å². The molecule has 2 N–H and O–H groups in total.